The second kappa shape index (κ2) is 25.4. The first kappa shape index (κ1) is 56.6. The molecule has 14 heteroatoms. The first-order chi connectivity index (χ1) is 32.1. The number of morpholine rings is 2. The molecule has 2 saturated heterocycles. The third kappa shape index (κ3) is 15.3. The second-order valence-electron chi connectivity index (χ2n) is 19.0. The molecule has 0 N–H and O–H groups in total. The zero-order valence-electron chi connectivity index (χ0n) is 40.1. The lowest BCUT2D eigenvalue weighted by Crippen LogP contribution is -2.55. The molecule has 68 heavy (non-hydrogen) atoms. The van der Waals surface area contributed by atoms with Crippen molar-refractivity contribution in [2.75, 3.05) is 11.5 Å². The largest absolute Gasteiger partial charge is 0.358 e. The summed E-state index contributed by atoms with van der Waals surface area (Å²) in [5.41, 5.74) is 3.58. The summed E-state index contributed by atoms with van der Waals surface area (Å²) in [6.45, 7) is 25.1. The molecule has 2 amide bonds. The molecule has 2 heterocycles. The molecular formula is C54H64Cl6N2O4S2. The lowest BCUT2D eigenvalue weighted by Gasteiger charge is -2.48. The van der Waals surface area contributed by atoms with Crippen molar-refractivity contribution in [1.29, 1.82) is 0 Å². The number of hydrogen-bond acceptors (Lipinski definition) is 6. The van der Waals surface area contributed by atoms with Gasteiger partial charge in [-0.25, -0.2) is 0 Å². The Morgan fingerprint density at radius 1 is 0.529 bits per heavy atom. The quantitative estimate of drug-likeness (QED) is 0.104. The van der Waals surface area contributed by atoms with E-state index in [4.69, 9.17) is 79.1 Å². The van der Waals surface area contributed by atoms with Gasteiger partial charge in [-0.1, -0.05) is 161 Å². The van der Waals surface area contributed by atoms with Crippen molar-refractivity contribution >= 4 is 105 Å². The maximum Gasteiger partial charge on any atom is 0.252 e. The zero-order valence-corrected chi connectivity index (χ0v) is 46.3. The van der Waals surface area contributed by atoms with Gasteiger partial charge in [0.05, 0.1) is 12.1 Å². The van der Waals surface area contributed by atoms with Gasteiger partial charge in [-0.05, 0) is 95.8 Å². The minimum absolute atomic E-state index is 0.0192. The third-order valence-corrected chi connectivity index (χ3v) is 15.8. The van der Waals surface area contributed by atoms with E-state index >= 15 is 0 Å². The lowest BCUT2D eigenvalue weighted by atomic mass is 9.89. The minimum atomic E-state index is -0.627. The van der Waals surface area contributed by atoms with E-state index in [9.17, 15) is 9.59 Å². The number of ether oxygens (including phenoxy) is 2. The van der Waals surface area contributed by atoms with Crippen molar-refractivity contribution in [2.45, 2.75) is 139 Å². The molecule has 2 unspecified atom stereocenters. The maximum atomic E-state index is 13.9. The maximum absolute atomic E-state index is 13.9. The van der Waals surface area contributed by atoms with E-state index in [0.717, 1.165) is 46.6 Å². The Hall–Kier alpha value is -2.34. The van der Waals surface area contributed by atoms with Crippen LogP contribution in [0.3, 0.4) is 0 Å². The minimum Gasteiger partial charge on any atom is -0.358 e. The highest BCUT2D eigenvalue weighted by Crippen LogP contribution is 2.48. The van der Waals surface area contributed by atoms with E-state index in [2.05, 4.69) is 68.5 Å². The molecule has 368 valence electrons. The van der Waals surface area contributed by atoms with Crippen molar-refractivity contribution in [3.05, 3.63) is 163 Å². The van der Waals surface area contributed by atoms with E-state index in [1.54, 1.807) is 24.3 Å². The smallest absolute Gasteiger partial charge is 0.252 e. The molecule has 4 aromatic carbocycles. The Kier molecular flexibility index (Phi) is 21.1. The molecule has 0 saturated carbocycles. The fourth-order valence-corrected chi connectivity index (χ4v) is 11.9. The molecule has 8 atom stereocenters. The van der Waals surface area contributed by atoms with Crippen LogP contribution in [0.5, 0.6) is 0 Å². The van der Waals surface area contributed by atoms with Crippen molar-refractivity contribution in [3.8, 4) is 0 Å². The van der Waals surface area contributed by atoms with Gasteiger partial charge in [0, 0.05) is 76.1 Å². The summed E-state index contributed by atoms with van der Waals surface area (Å²) in [5.74, 6) is 1.59. The van der Waals surface area contributed by atoms with Crippen LogP contribution in [0.4, 0.5) is 0 Å². The van der Waals surface area contributed by atoms with Gasteiger partial charge in [-0.3, -0.25) is 9.59 Å². The predicted octanol–water partition coefficient (Wildman–Crippen LogP) is 17.1. The van der Waals surface area contributed by atoms with Gasteiger partial charge in [0.25, 0.3) is 11.8 Å². The van der Waals surface area contributed by atoms with Crippen LogP contribution in [0.2, 0.25) is 30.1 Å². The average Bonchev–Trinajstić information content (AvgIpc) is 3.25. The van der Waals surface area contributed by atoms with E-state index in [0.29, 0.717) is 43.0 Å². The normalized spacial score (nSPS) is 22.0. The summed E-state index contributed by atoms with van der Waals surface area (Å²) < 4.78 is 13.1. The first-order valence-corrected chi connectivity index (χ1v) is 27.2. The van der Waals surface area contributed by atoms with Gasteiger partial charge in [0.1, 0.15) is 24.4 Å². The standard InChI is InChI=1S/2C27H32Cl3NO2S/c2*1-6-8-23-26(32)31(22(7-2)16-34-27(3,4)5)24(17-9-11-19(28)12-10-17)25(33-23)18-13-20(29)15-21(30)14-18/h2*6,9-15,22-25H,1,7-8,16H2,2-5H3/t22?,23-,24+,25+;22?,23-,24-,25-/m01/s1. The van der Waals surface area contributed by atoms with Gasteiger partial charge in [-0.2, -0.15) is 23.5 Å². The number of hydrogen-bond donors (Lipinski definition) is 0. The topological polar surface area (TPSA) is 59.1 Å². The Balaban J connectivity index is 0.000000254. The van der Waals surface area contributed by atoms with Gasteiger partial charge < -0.3 is 19.3 Å². The van der Waals surface area contributed by atoms with Crippen LogP contribution in [-0.4, -0.2) is 66.9 Å². The van der Waals surface area contributed by atoms with E-state index < -0.39 is 24.4 Å². The Morgan fingerprint density at radius 2 is 0.838 bits per heavy atom. The summed E-state index contributed by atoms with van der Waals surface area (Å²) in [5, 5.41) is 3.39. The van der Waals surface area contributed by atoms with E-state index in [1.165, 1.54) is 0 Å². The zero-order chi connectivity index (χ0) is 50.1. The highest BCUT2D eigenvalue weighted by molar-refractivity contribution is 8.00. The Labute approximate surface area is 443 Å². The van der Waals surface area contributed by atoms with Crippen LogP contribution in [0, 0.1) is 0 Å². The number of rotatable bonds is 16. The van der Waals surface area contributed by atoms with Gasteiger partial charge in [0.15, 0.2) is 0 Å². The van der Waals surface area contributed by atoms with Crippen LogP contribution in [0.25, 0.3) is 0 Å². The number of halogens is 6. The summed E-state index contributed by atoms with van der Waals surface area (Å²) in [6, 6.07) is 25.5. The molecule has 6 nitrogen and oxygen atoms in total. The molecule has 2 aliphatic heterocycles. The average molecular weight is 1080 g/mol. The molecule has 2 fully saturated rings. The van der Waals surface area contributed by atoms with Crippen molar-refractivity contribution in [3.63, 3.8) is 0 Å². The monoisotopic (exact) mass is 1080 g/mol. The molecule has 6 rings (SSSR count). The van der Waals surface area contributed by atoms with Crippen LogP contribution in [-0.2, 0) is 19.1 Å². The Morgan fingerprint density at radius 3 is 1.10 bits per heavy atom. The molecule has 0 bridgehead atoms. The molecular weight excluding hydrogens is 1020 g/mol. The summed E-state index contributed by atoms with van der Waals surface area (Å²) in [4.78, 5) is 31.8. The number of carbonyl (C=O) groups is 2. The molecule has 0 aromatic heterocycles. The predicted molar refractivity (Wildman–Crippen MR) is 292 cm³/mol. The Bertz CT molecular complexity index is 2130. The summed E-state index contributed by atoms with van der Waals surface area (Å²) in [6.07, 6.45) is 3.81. The molecule has 2 aliphatic rings. The number of amides is 2. The fraction of sp³-hybridized carbons (Fsp3) is 0.444. The summed E-state index contributed by atoms with van der Waals surface area (Å²) in [7, 11) is 0. The highest BCUT2D eigenvalue weighted by atomic mass is 35.5. The number of thioether (sulfide) groups is 2. The van der Waals surface area contributed by atoms with Crippen molar-refractivity contribution < 1.29 is 19.1 Å². The highest BCUT2D eigenvalue weighted by Gasteiger charge is 2.48. The summed E-state index contributed by atoms with van der Waals surface area (Å²) >= 11 is 41.6. The van der Waals surface area contributed by atoms with Gasteiger partial charge in [-0.15, -0.1) is 13.2 Å². The molecule has 4 aromatic rings. The fourth-order valence-electron chi connectivity index (χ4n) is 8.42. The number of nitrogens with zero attached hydrogens (tertiary/aromatic N) is 2. The van der Waals surface area contributed by atoms with E-state index in [-0.39, 0.29) is 45.5 Å². The molecule has 0 spiro atoms. The van der Waals surface area contributed by atoms with Gasteiger partial charge in [0.2, 0.25) is 0 Å². The molecule has 0 radical (unpaired) electrons. The van der Waals surface area contributed by atoms with Crippen LogP contribution in [0.1, 0.15) is 128 Å². The van der Waals surface area contributed by atoms with Crippen molar-refractivity contribution in [1.82, 2.24) is 9.80 Å². The van der Waals surface area contributed by atoms with Crippen LogP contribution >= 0.6 is 93.1 Å². The van der Waals surface area contributed by atoms with Crippen LogP contribution in [0.15, 0.2) is 110 Å². The third-order valence-electron chi connectivity index (χ3n) is 11.6. The first-order valence-electron chi connectivity index (χ1n) is 23.0. The number of carbonyl (C=O) groups excluding carboxylic acids is 2. The van der Waals surface area contributed by atoms with Gasteiger partial charge >= 0.3 is 0 Å². The molecule has 0 aliphatic carbocycles. The van der Waals surface area contributed by atoms with E-state index in [1.807, 2.05) is 106 Å². The van der Waals surface area contributed by atoms with Crippen molar-refractivity contribution in [2.24, 2.45) is 0 Å². The SMILES string of the molecule is C=CC[C@@H]1O[C@H](c2cc(Cl)cc(Cl)c2)[C@@H](c2ccc(Cl)cc2)N(C(CC)CSC(C)(C)C)C1=O.C=CC[C@H]1O[C@H](c2cc(Cl)cc(Cl)c2)[C@@H](c2ccc(Cl)cc2)N(C(CC)CSC(C)(C)C)C1=O. The number of benzene rings is 4. The lowest BCUT2D eigenvalue weighted by molar-refractivity contribution is -0.178. The van der Waals surface area contributed by atoms with Crippen LogP contribution < -0.4 is 0 Å². The second-order valence-corrected chi connectivity index (χ2v) is 25.3.